The molecule has 14 heteroatoms. The number of rotatable bonds is 7. The first-order valence-corrected chi connectivity index (χ1v) is 12.5. The molecule has 4 rings (SSSR count). The molecule has 2 heterocycles. The van der Waals surface area contributed by atoms with Crippen LogP contribution >= 0.6 is 0 Å². The van der Waals surface area contributed by atoms with Gasteiger partial charge in [0.25, 0.3) is 0 Å². The third-order valence-corrected chi connectivity index (χ3v) is 7.05. The Morgan fingerprint density at radius 2 is 1.15 bits per heavy atom. The number of aliphatic hydroxyl groups excluding tert-OH is 8. The molecule has 2 aromatic carbocycles. The van der Waals surface area contributed by atoms with Crippen LogP contribution in [0.5, 0.6) is 23.0 Å². The molecule has 0 amide bonds. The van der Waals surface area contributed by atoms with Crippen molar-refractivity contribution in [2.75, 3.05) is 13.2 Å². The van der Waals surface area contributed by atoms with E-state index in [-0.39, 0.29) is 39.7 Å². The second kappa shape index (κ2) is 12.0. The molecule has 0 unspecified atom stereocenters. The normalized spacial score (nSPS) is 34.5. The van der Waals surface area contributed by atoms with Crippen molar-refractivity contribution in [3.63, 3.8) is 0 Å². The topological polar surface area (TPSA) is 239 Å². The zero-order chi connectivity index (χ0) is 29.5. The number of phenolic OH excluding ortho intramolecular Hbond substituents is 2. The van der Waals surface area contributed by atoms with Gasteiger partial charge in [-0.1, -0.05) is 0 Å². The van der Waals surface area contributed by atoms with E-state index in [0.29, 0.717) is 5.56 Å². The molecular formula is C26H34O14. The highest BCUT2D eigenvalue weighted by atomic mass is 16.7. The summed E-state index contributed by atoms with van der Waals surface area (Å²) in [5.74, 6) is -0.433. The van der Waals surface area contributed by atoms with E-state index in [4.69, 9.17) is 18.9 Å². The molecule has 0 saturated carbocycles. The number of aromatic hydroxyl groups is 2. The van der Waals surface area contributed by atoms with Crippen LogP contribution in [0, 0.1) is 13.8 Å². The quantitative estimate of drug-likeness (QED) is 0.169. The Bertz CT molecular complexity index is 1190. The molecular weight excluding hydrogens is 536 g/mol. The van der Waals surface area contributed by atoms with Crippen LogP contribution in [0.15, 0.2) is 24.3 Å². The van der Waals surface area contributed by atoms with E-state index in [2.05, 4.69) is 0 Å². The lowest BCUT2D eigenvalue weighted by Gasteiger charge is -2.39. The van der Waals surface area contributed by atoms with E-state index in [1.165, 1.54) is 31.2 Å². The monoisotopic (exact) mass is 570 g/mol. The first kappa shape index (κ1) is 30.2. The van der Waals surface area contributed by atoms with Gasteiger partial charge in [0.05, 0.1) is 13.2 Å². The summed E-state index contributed by atoms with van der Waals surface area (Å²) in [6, 6.07) is 5.36. The summed E-state index contributed by atoms with van der Waals surface area (Å²) >= 11 is 0. The average Bonchev–Trinajstić information content (AvgIpc) is 2.92. The second-order valence-electron chi connectivity index (χ2n) is 9.90. The van der Waals surface area contributed by atoms with E-state index in [1.54, 1.807) is 6.92 Å². The number of aliphatic hydroxyl groups is 8. The molecule has 222 valence electrons. The minimum atomic E-state index is -1.68. The molecule has 0 aromatic heterocycles. The van der Waals surface area contributed by atoms with Gasteiger partial charge in [-0.25, -0.2) is 0 Å². The Morgan fingerprint density at radius 1 is 0.625 bits per heavy atom. The van der Waals surface area contributed by atoms with Gasteiger partial charge in [0.2, 0.25) is 12.6 Å². The van der Waals surface area contributed by atoms with E-state index in [0.717, 1.165) is 0 Å². The van der Waals surface area contributed by atoms with E-state index in [9.17, 15) is 51.1 Å². The maximum atomic E-state index is 10.8. The van der Waals surface area contributed by atoms with Crippen molar-refractivity contribution in [2.24, 2.45) is 0 Å². The van der Waals surface area contributed by atoms with Crippen LogP contribution in [0.4, 0.5) is 0 Å². The zero-order valence-corrected chi connectivity index (χ0v) is 21.6. The van der Waals surface area contributed by atoms with Gasteiger partial charge in [-0.2, -0.15) is 0 Å². The van der Waals surface area contributed by atoms with Crippen molar-refractivity contribution < 1.29 is 70.0 Å². The predicted octanol–water partition coefficient (Wildman–Crippen LogP) is -2.26. The molecule has 14 nitrogen and oxygen atoms in total. The molecule has 10 N–H and O–H groups in total. The first-order valence-electron chi connectivity index (χ1n) is 12.5. The smallest absolute Gasteiger partial charge is 0.229 e. The third kappa shape index (κ3) is 5.69. The number of hydrogen-bond acceptors (Lipinski definition) is 14. The van der Waals surface area contributed by atoms with Crippen molar-refractivity contribution >= 4 is 0 Å². The number of phenols is 2. The molecule has 2 saturated heterocycles. The Balaban J connectivity index is 1.65. The fraction of sp³-hybridized carbons (Fsp3) is 0.538. The molecule has 2 fully saturated rings. The summed E-state index contributed by atoms with van der Waals surface area (Å²) in [6.45, 7) is 1.81. The standard InChI is InChI=1S/C26H34O14/c1-9-4-14(29)12(6-15(9)38-26-24(36)22(34)20(32)17(8-28)40-26)13-5-11(3-10(2)18(13)30)37-25-23(35)21(33)19(31)16(7-27)39-25/h3-6,16-17,19-36H,7-8H2,1-2H3/t16-,17-,19-,20-,21+,22+,23-,24-,25-,26-/m1/s1. The van der Waals surface area contributed by atoms with Crippen LogP contribution in [0.1, 0.15) is 11.1 Å². The van der Waals surface area contributed by atoms with Crippen molar-refractivity contribution in [3.05, 3.63) is 35.4 Å². The number of hydrogen-bond donors (Lipinski definition) is 10. The molecule has 0 aliphatic carbocycles. The summed E-state index contributed by atoms with van der Waals surface area (Å²) < 4.78 is 22.2. The van der Waals surface area contributed by atoms with Crippen molar-refractivity contribution in [2.45, 2.75) is 75.3 Å². The fourth-order valence-electron chi connectivity index (χ4n) is 4.62. The van der Waals surface area contributed by atoms with Crippen LogP contribution in [0.25, 0.3) is 11.1 Å². The molecule has 40 heavy (non-hydrogen) atoms. The molecule has 0 bridgehead atoms. The minimum Gasteiger partial charge on any atom is -0.507 e. The maximum Gasteiger partial charge on any atom is 0.229 e. The minimum absolute atomic E-state index is 0.0333. The molecule has 2 aliphatic heterocycles. The van der Waals surface area contributed by atoms with Crippen molar-refractivity contribution in [1.29, 1.82) is 0 Å². The summed E-state index contributed by atoms with van der Waals surface area (Å²) in [4.78, 5) is 0. The van der Waals surface area contributed by atoms with Crippen molar-refractivity contribution in [1.82, 2.24) is 0 Å². The SMILES string of the molecule is Cc1cc(O)c(-c2cc(O[C@@H]3O[C@H](CO)[C@@H](O)[C@H](O)[C@H]3O)cc(C)c2O)cc1O[C@@H]1O[C@H](CO)[C@@H](O)[C@H](O)[C@H]1O. The lowest BCUT2D eigenvalue weighted by atomic mass is 9.97. The Labute approximate surface area is 228 Å². The summed E-state index contributed by atoms with van der Waals surface area (Å²) in [5.41, 5.74) is 0.761. The van der Waals surface area contributed by atoms with Crippen LogP contribution < -0.4 is 9.47 Å². The number of ether oxygens (including phenoxy) is 4. The molecule has 0 radical (unpaired) electrons. The van der Waals surface area contributed by atoms with Gasteiger partial charge < -0.3 is 70.0 Å². The van der Waals surface area contributed by atoms with Gasteiger partial charge >= 0.3 is 0 Å². The van der Waals surface area contributed by atoms with Gasteiger partial charge in [0.15, 0.2) is 0 Å². The predicted molar refractivity (Wildman–Crippen MR) is 133 cm³/mol. The Kier molecular flexibility index (Phi) is 9.06. The summed E-state index contributed by atoms with van der Waals surface area (Å²) in [5, 5.41) is 101. The van der Waals surface area contributed by atoms with Crippen molar-refractivity contribution in [3.8, 4) is 34.1 Å². The van der Waals surface area contributed by atoms with Crippen LogP contribution in [-0.4, -0.2) is 126 Å². The average molecular weight is 571 g/mol. The summed E-state index contributed by atoms with van der Waals surface area (Å²) in [6.07, 6.45) is -15.3. The van der Waals surface area contributed by atoms with Crippen LogP contribution in [0.2, 0.25) is 0 Å². The Morgan fingerprint density at radius 3 is 1.68 bits per heavy atom. The second-order valence-corrected chi connectivity index (χ2v) is 9.90. The first-order chi connectivity index (χ1) is 18.9. The number of aryl methyl sites for hydroxylation is 2. The molecule has 0 spiro atoms. The maximum absolute atomic E-state index is 10.8. The van der Waals surface area contributed by atoms with Crippen LogP contribution in [0.3, 0.4) is 0 Å². The van der Waals surface area contributed by atoms with E-state index >= 15 is 0 Å². The summed E-state index contributed by atoms with van der Waals surface area (Å²) in [7, 11) is 0. The van der Waals surface area contributed by atoms with E-state index < -0.39 is 74.6 Å². The lowest BCUT2D eigenvalue weighted by Crippen LogP contribution is -2.60. The van der Waals surface area contributed by atoms with Gasteiger partial charge in [-0.05, 0) is 49.2 Å². The molecule has 10 atom stereocenters. The number of benzene rings is 2. The fourth-order valence-corrected chi connectivity index (χ4v) is 4.62. The van der Waals surface area contributed by atoms with Gasteiger partial charge in [0.1, 0.15) is 71.8 Å². The molecule has 2 aromatic rings. The zero-order valence-electron chi connectivity index (χ0n) is 21.6. The van der Waals surface area contributed by atoms with Gasteiger partial charge in [-0.3, -0.25) is 0 Å². The largest absolute Gasteiger partial charge is 0.507 e. The highest BCUT2D eigenvalue weighted by molar-refractivity contribution is 5.79. The lowest BCUT2D eigenvalue weighted by molar-refractivity contribution is -0.277. The third-order valence-electron chi connectivity index (χ3n) is 7.05. The van der Waals surface area contributed by atoms with Crippen LogP contribution in [-0.2, 0) is 9.47 Å². The van der Waals surface area contributed by atoms with Gasteiger partial charge in [0, 0.05) is 11.1 Å². The van der Waals surface area contributed by atoms with Gasteiger partial charge in [-0.15, -0.1) is 0 Å². The van der Waals surface area contributed by atoms with E-state index in [1.807, 2.05) is 0 Å². The molecule has 2 aliphatic rings. The highest BCUT2D eigenvalue weighted by Gasteiger charge is 2.46. The Hall–Kier alpha value is -2.76. The highest BCUT2D eigenvalue weighted by Crippen LogP contribution is 2.43.